The lowest BCUT2D eigenvalue weighted by Crippen LogP contribution is -2.51. The number of carbonyl (C=O) groups excluding carboxylic acids is 2. The summed E-state index contributed by atoms with van der Waals surface area (Å²) < 4.78 is 17.4. The van der Waals surface area contributed by atoms with E-state index in [4.69, 9.17) is 13.9 Å². The normalized spacial score (nSPS) is 36.5. The summed E-state index contributed by atoms with van der Waals surface area (Å²) in [5, 5.41) is 0. The average molecular weight is 344 g/mol. The van der Waals surface area contributed by atoms with E-state index < -0.39 is 0 Å². The second-order valence-corrected chi connectivity index (χ2v) is 7.79. The first-order valence-electron chi connectivity index (χ1n) is 8.99. The molecule has 0 radical (unpaired) electrons. The van der Waals surface area contributed by atoms with Crippen molar-refractivity contribution in [3.05, 3.63) is 34.8 Å². The maximum atomic E-state index is 12.5. The summed E-state index contributed by atoms with van der Waals surface area (Å²) in [6.45, 7) is 7.70. The second-order valence-electron chi connectivity index (χ2n) is 7.79. The molecule has 0 unspecified atom stereocenters. The van der Waals surface area contributed by atoms with Crippen LogP contribution in [0.1, 0.15) is 56.6 Å². The first-order chi connectivity index (χ1) is 11.9. The Kier molecular flexibility index (Phi) is 3.60. The molecule has 5 atom stereocenters. The van der Waals surface area contributed by atoms with Gasteiger partial charge in [0.1, 0.15) is 18.0 Å². The van der Waals surface area contributed by atoms with Gasteiger partial charge in [0.2, 0.25) is 0 Å². The Labute approximate surface area is 147 Å². The van der Waals surface area contributed by atoms with Crippen LogP contribution in [0.15, 0.2) is 22.3 Å². The van der Waals surface area contributed by atoms with Crippen LogP contribution in [0.3, 0.4) is 0 Å². The molecule has 0 amide bonds. The van der Waals surface area contributed by atoms with Gasteiger partial charge in [-0.05, 0) is 39.2 Å². The molecular weight excluding hydrogens is 320 g/mol. The molecule has 5 heteroatoms. The van der Waals surface area contributed by atoms with E-state index in [1.165, 1.54) is 0 Å². The lowest BCUT2D eigenvalue weighted by molar-refractivity contribution is -0.159. The predicted octanol–water partition coefficient (Wildman–Crippen LogP) is 3.65. The van der Waals surface area contributed by atoms with Gasteiger partial charge in [-0.3, -0.25) is 4.79 Å². The zero-order chi connectivity index (χ0) is 17.9. The van der Waals surface area contributed by atoms with Crippen molar-refractivity contribution >= 4 is 11.9 Å². The molecule has 0 bridgehead atoms. The Morgan fingerprint density at radius 1 is 1.40 bits per heavy atom. The van der Waals surface area contributed by atoms with E-state index in [2.05, 4.69) is 6.92 Å². The van der Waals surface area contributed by atoms with Crippen LogP contribution in [0.4, 0.5) is 0 Å². The van der Waals surface area contributed by atoms with Gasteiger partial charge in [0, 0.05) is 28.9 Å². The van der Waals surface area contributed by atoms with Crippen LogP contribution in [0, 0.1) is 24.2 Å². The van der Waals surface area contributed by atoms with Crippen LogP contribution in [-0.4, -0.2) is 18.0 Å². The predicted molar refractivity (Wildman–Crippen MR) is 89.6 cm³/mol. The fraction of sp³-hybridized carbons (Fsp3) is 0.600. The number of ether oxygens (including phenoxy) is 2. The van der Waals surface area contributed by atoms with E-state index in [0.29, 0.717) is 24.8 Å². The zero-order valence-electron chi connectivity index (χ0n) is 15.1. The molecule has 0 N–H and O–H groups in total. The number of hydrogen-bond donors (Lipinski definition) is 0. The molecule has 1 saturated heterocycles. The van der Waals surface area contributed by atoms with Crippen LogP contribution >= 0.6 is 0 Å². The Balaban J connectivity index is 1.74. The van der Waals surface area contributed by atoms with Crippen molar-refractivity contribution < 1.29 is 23.5 Å². The Morgan fingerprint density at radius 3 is 2.88 bits per heavy atom. The molecule has 134 valence electrons. The third-order valence-corrected chi connectivity index (χ3v) is 6.61. The van der Waals surface area contributed by atoms with Crippen molar-refractivity contribution in [1.29, 1.82) is 0 Å². The van der Waals surface area contributed by atoms with Crippen molar-refractivity contribution in [2.24, 2.45) is 17.3 Å². The van der Waals surface area contributed by atoms with Crippen LogP contribution in [-0.2, 0) is 25.5 Å². The lowest BCUT2D eigenvalue weighted by atomic mass is 9.54. The van der Waals surface area contributed by atoms with Gasteiger partial charge in [0.05, 0.1) is 12.2 Å². The highest BCUT2D eigenvalue weighted by molar-refractivity contribution is 5.87. The number of esters is 2. The SMILES string of the molecule is C/C=C(\C)C(=O)O[C@H]1CC[C@@H]2C(=O)O[C@H]3c4c(C)coc4C[C@@H]1[C@@]23C. The second kappa shape index (κ2) is 5.48. The molecule has 1 aromatic heterocycles. The molecule has 1 aromatic rings. The molecular formula is C20H24O5. The highest BCUT2D eigenvalue weighted by Crippen LogP contribution is 2.63. The maximum absolute atomic E-state index is 12.5. The van der Waals surface area contributed by atoms with Crippen LogP contribution in [0.25, 0.3) is 0 Å². The summed E-state index contributed by atoms with van der Waals surface area (Å²) in [5.74, 6) is 0.347. The molecule has 2 heterocycles. The molecule has 2 aliphatic carbocycles. The van der Waals surface area contributed by atoms with Crippen molar-refractivity contribution in [1.82, 2.24) is 0 Å². The topological polar surface area (TPSA) is 65.7 Å². The Bertz CT molecular complexity index is 773. The first-order valence-corrected chi connectivity index (χ1v) is 8.99. The third-order valence-electron chi connectivity index (χ3n) is 6.61. The molecule has 4 rings (SSSR count). The minimum Gasteiger partial charge on any atom is -0.469 e. The maximum Gasteiger partial charge on any atom is 0.333 e. The van der Waals surface area contributed by atoms with Gasteiger partial charge >= 0.3 is 11.9 Å². The summed E-state index contributed by atoms with van der Waals surface area (Å²) >= 11 is 0. The molecule has 1 saturated carbocycles. The quantitative estimate of drug-likeness (QED) is 0.605. The fourth-order valence-electron chi connectivity index (χ4n) is 5.00. The van der Waals surface area contributed by atoms with Crippen molar-refractivity contribution in [3.8, 4) is 0 Å². The number of fused-ring (bicyclic) bond motifs is 2. The monoisotopic (exact) mass is 344 g/mol. The highest BCUT2D eigenvalue weighted by atomic mass is 16.6. The van der Waals surface area contributed by atoms with Gasteiger partial charge < -0.3 is 13.9 Å². The Hall–Kier alpha value is -2.04. The molecule has 0 aromatic carbocycles. The molecule has 1 aliphatic heterocycles. The fourth-order valence-corrected chi connectivity index (χ4v) is 5.00. The van der Waals surface area contributed by atoms with E-state index in [1.807, 2.05) is 13.8 Å². The molecule has 3 aliphatic rings. The number of hydrogen-bond acceptors (Lipinski definition) is 5. The smallest absolute Gasteiger partial charge is 0.333 e. The number of carbonyl (C=O) groups is 2. The van der Waals surface area contributed by atoms with Crippen LogP contribution < -0.4 is 0 Å². The van der Waals surface area contributed by atoms with Gasteiger partial charge in [0.15, 0.2) is 0 Å². The largest absolute Gasteiger partial charge is 0.469 e. The number of furan rings is 1. The number of allylic oxidation sites excluding steroid dienone is 1. The van der Waals surface area contributed by atoms with Crippen LogP contribution in [0.2, 0.25) is 0 Å². The van der Waals surface area contributed by atoms with Crippen LogP contribution in [0.5, 0.6) is 0 Å². The molecule has 2 fully saturated rings. The van der Waals surface area contributed by atoms with E-state index in [-0.39, 0.29) is 41.4 Å². The Morgan fingerprint density at radius 2 is 2.16 bits per heavy atom. The molecule has 0 spiro atoms. The van der Waals surface area contributed by atoms with Gasteiger partial charge in [0.25, 0.3) is 0 Å². The van der Waals surface area contributed by atoms with E-state index in [0.717, 1.165) is 16.9 Å². The standard InChI is InChI=1S/C20H24O5/c1-5-10(2)18(21)24-14-7-6-12-19(22)25-17-16-11(3)9-23-15(16)8-13(14)20(12,17)4/h5,9,12-14,17H,6-8H2,1-4H3/b10-5+/t12-,13+,14+,17+,20-/m1/s1. The minimum atomic E-state index is -0.355. The number of rotatable bonds is 2. The summed E-state index contributed by atoms with van der Waals surface area (Å²) in [6.07, 6.45) is 5.02. The summed E-state index contributed by atoms with van der Waals surface area (Å²) in [7, 11) is 0. The van der Waals surface area contributed by atoms with Gasteiger partial charge in [-0.25, -0.2) is 4.79 Å². The van der Waals surface area contributed by atoms with Gasteiger partial charge in [-0.15, -0.1) is 0 Å². The van der Waals surface area contributed by atoms with Crippen molar-refractivity contribution in [3.63, 3.8) is 0 Å². The highest BCUT2D eigenvalue weighted by Gasteiger charge is 2.65. The van der Waals surface area contributed by atoms with Gasteiger partial charge in [-0.1, -0.05) is 13.0 Å². The number of aryl methyl sites for hydroxylation is 1. The molecule has 25 heavy (non-hydrogen) atoms. The summed E-state index contributed by atoms with van der Waals surface area (Å²) in [5.41, 5.74) is 2.29. The first kappa shape index (κ1) is 16.4. The third kappa shape index (κ3) is 2.14. The van der Waals surface area contributed by atoms with Gasteiger partial charge in [-0.2, -0.15) is 0 Å². The van der Waals surface area contributed by atoms with E-state index in [1.54, 1.807) is 19.3 Å². The van der Waals surface area contributed by atoms with Crippen molar-refractivity contribution in [2.75, 3.05) is 0 Å². The van der Waals surface area contributed by atoms with E-state index >= 15 is 0 Å². The summed E-state index contributed by atoms with van der Waals surface area (Å²) in [4.78, 5) is 24.8. The lowest BCUT2D eigenvalue weighted by Gasteiger charge is -2.49. The molecule has 5 nitrogen and oxygen atoms in total. The summed E-state index contributed by atoms with van der Waals surface area (Å²) in [6, 6.07) is 0. The average Bonchev–Trinajstić information content (AvgIpc) is 3.07. The van der Waals surface area contributed by atoms with E-state index in [9.17, 15) is 9.59 Å². The van der Waals surface area contributed by atoms with Crippen molar-refractivity contribution in [2.45, 2.75) is 59.2 Å². The minimum absolute atomic E-state index is 0.0226. The zero-order valence-corrected chi connectivity index (χ0v) is 15.1.